The van der Waals surface area contributed by atoms with Crippen LogP contribution in [0.2, 0.25) is 0 Å². The molecule has 0 saturated carbocycles. The number of hydrogen-bond donors (Lipinski definition) is 4. The van der Waals surface area contributed by atoms with E-state index in [0.29, 0.717) is 11.3 Å². The molecule has 10 nitrogen and oxygen atoms in total. The van der Waals surface area contributed by atoms with Crippen molar-refractivity contribution < 1.29 is 32.0 Å². The molecule has 5 rings (SSSR count). The highest BCUT2D eigenvalue weighted by molar-refractivity contribution is 7.92. The number of hydrazine groups is 1. The van der Waals surface area contributed by atoms with E-state index in [2.05, 4.69) is 20.2 Å². The second-order valence-electron chi connectivity index (χ2n) is 8.31. The van der Waals surface area contributed by atoms with E-state index in [1.54, 1.807) is 16.8 Å². The average molecular weight is 578 g/mol. The first kappa shape index (κ1) is 25.8. The predicted octanol–water partition coefficient (Wildman–Crippen LogP) is 3.07. The van der Waals surface area contributed by atoms with E-state index in [9.17, 15) is 32.0 Å². The predicted molar refractivity (Wildman–Crippen MR) is 138 cm³/mol. The van der Waals surface area contributed by atoms with Gasteiger partial charge in [0, 0.05) is 17.0 Å². The maximum Gasteiger partial charge on any atom is 0.280 e. The lowest BCUT2D eigenvalue weighted by atomic mass is 10.1. The van der Waals surface area contributed by atoms with Crippen LogP contribution < -0.4 is 25.7 Å². The van der Waals surface area contributed by atoms with E-state index in [1.807, 2.05) is 0 Å². The molecule has 196 valence electrons. The van der Waals surface area contributed by atoms with Crippen LogP contribution in [0.3, 0.4) is 0 Å². The number of anilines is 2. The number of thiophene rings is 1. The van der Waals surface area contributed by atoms with Crippen LogP contribution >= 0.6 is 19.3 Å². The van der Waals surface area contributed by atoms with Gasteiger partial charge in [0.05, 0.1) is 24.2 Å². The molecule has 1 atom stereocenters. The largest absolute Gasteiger partial charge is 0.607 e. The number of aliphatic hydroxyl groups is 1. The molecule has 1 aromatic heterocycles. The number of aliphatic hydroxyl groups excluding tert-OH is 1. The van der Waals surface area contributed by atoms with Crippen molar-refractivity contribution in [2.75, 3.05) is 16.3 Å². The lowest BCUT2D eigenvalue weighted by molar-refractivity contribution is -0.152. The summed E-state index contributed by atoms with van der Waals surface area (Å²) in [6.45, 7) is -0.197. The summed E-state index contributed by atoms with van der Waals surface area (Å²) in [5.41, 5.74) is 3.99. The number of nitrogens with one attached hydrogen (secondary N) is 3. The van der Waals surface area contributed by atoms with E-state index >= 15 is 0 Å². The van der Waals surface area contributed by atoms with Crippen molar-refractivity contribution in [1.82, 2.24) is 10.4 Å². The maximum absolute atomic E-state index is 13.8. The Morgan fingerprint density at radius 3 is 2.66 bits per heavy atom. The van der Waals surface area contributed by atoms with E-state index in [4.69, 9.17) is 0 Å². The Morgan fingerprint density at radius 2 is 1.97 bits per heavy atom. The molecule has 38 heavy (non-hydrogen) atoms. The number of sulfonamides is 1. The fourth-order valence-corrected chi connectivity index (χ4v) is 6.06. The number of fused-ring (bicyclic) bond motifs is 1. The Morgan fingerprint density at radius 1 is 1.18 bits per heavy atom. The van der Waals surface area contributed by atoms with Crippen molar-refractivity contribution in [1.29, 1.82) is 0 Å². The fraction of sp³-hybridized carbons (Fsp3) is 0.0870. The van der Waals surface area contributed by atoms with Gasteiger partial charge in [-0.05, 0) is 41.3 Å². The molecule has 0 aliphatic carbocycles. The van der Waals surface area contributed by atoms with Crippen molar-refractivity contribution in [3.63, 3.8) is 0 Å². The Labute approximate surface area is 220 Å². The first-order chi connectivity index (χ1) is 18.0. The van der Waals surface area contributed by atoms with E-state index < -0.39 is 41.3 Å². The van der Waals surface area contributed by atoms with Gasteiger partial charge < -0.3 is 15.3 Å². The van der Waals surface area contributed by atoms with Gasteiger partial charge in [-0.25, -0.2) is 22.2 Å². The summed E-state index contributed by atoms with van der Waals surface area (Å²) in [5, 5.41) is 18.8. The molecule has 3 heterocycles. The molecule has 1 amide bonds. The minimum absolute atomic E-state index is 0.154. The zero-order valence-corrected chi connectivity index (χ0v) is 21.9. The SMILES string of the molecule is CS(=O)(=O)Nc1ccc2c(c1)[P+]([O-])=NC(=C1C(=O)N(Cc3ccc(F)c(F)c3)NC(c3ccsc3)=C1O)N2. The molecular formula is C23H18F2N5O5PS2. The number of carbonyl (C=O) groups is 1. The monoisotopic (exact) mass is 577 g/mol. The first-order valence-electron chi connectivity index (χ1n) is 10.8. The summed E-state index contributed by atoms with van der Waals surface area (Å²) in [6.07, 6.45) is 0.979. The number of nitrogens with zero attached hydrogens (tertiary/aromatic N) is 2. The third-order valence-electron chi connectivity index (χ3n) is 5.50. The lowest BCUT2D eigenvalue weighted by Crippen LogP contribution is -2.47. The highest BCUT2D eigenvalue weighted by Gasteiger charge is 2.36. The molecule has 1 unspecified atom stereocenters. The van der Waals surface area contributed by atoms with Gasteiger partial charge in [-0.1, -0.05) is 10.8 Å². The van der Waals surface area contributed by atoms with Crippen molar-refractivity contribution in [3.05, 3.63) is 93.1 Å². The summed E-state index contributed by atoms with van der Waals surface area (Å²) in [6, 6.07) is 9.19. The Kier molecular flexibility index (Phi) is 6.65. The summed E-state index contributed by atoms with van der Waals surface area (Å²) in [4.78, 5) is 26.5. The smallest absolute Gasteiger partial charge is 0.280 e. The fourth-order valence-electron chi connectivity index (χ4n) is 3.84. The van der Waals surface area contributed by atoms with Gasteiger partial charge >= 0.3 is 0 Å². The molecule has 0 bridgehead atoms. The number of benzene rings is 2. The highest BCUT2D eigenvalue weighted by atomic mass is 32.2. The van der Waals surface area contributed by atoms with Crippen LogP contribution in [0.15, 0.2) is 75.1 Å². The topological polar surface area (TPSA) is 146 Å². The third kappa shape index (κ3) is 5.11. The standard InChI is InChI=1S/C23H18F2N5O5PS2/c1-38(34,35)29-14-3-5-17-18(9-14)36(33)28-22(26-17)19-21(31)20(13-6-7-37-11-13)27-30(23(19)32)10-12-2-4-15(24)16(25)8-12/h2-9,11,26-27,29,31H,10H2,1H3. The summed E-state index contributed by atoms with van der Waals surface area (Å²) in [5.74, 6) is -3.50. The van der Waals surface area contributed by atoms with Crippen LogP contribution in [0.5, 0.6) is 0 Å². The normalized spacial score (nSPS) is 18.5. The van der Waals surface area contributed by atoms with Crippen LogP contribution in [-0.2, 0) is 21.4 Å². The second kappa shape index (κ2) is 9.80. The van der Waals surface area contributed by atoms with Crippen LogP contribution in [-0.4, -0.2) is 30.7 Å². The van der Waals surface area contributed by atoms with Crippen molar-refractivity contribution in [2.24, 2.45) is 4.74 Å². The van der Waals surface area contributed by atoms with Crippen molar-refractivity contribution in [3.8, 4) is 0 Å². The van der Waals surface area contributed by atoms with E-state index in [0.717, 1.165) is 23.4 Å². The molecule has 2 aliphatic rings. The summed E-state index contributed by atoms with van der Waals surface area (Å²) >= 11 is 1.35. The van der Waals surface area contributed by atoms with Crippen LogP contribution in [0.1, 0.15) is 11.1 Å². The van der Waals surface area contributed by atoms with Crippen LogP contribution in [0.4, 0.5) is 20.2 Å². The van der Waals surface area contributed by atoms with E-state index in [-0.39, 0.29) is 40.2 Å². The van der Waals surface area contributed by atoms with Gasteiger partial charge in [0.1, 0.15) is 11.3 Å². The molecule has 2 aromatic carbocycles. The number of carbonyl (C=O) groups excluding carboxylic acids is 1. The van der Waals surface area contributed by atoms with Gasteiger partial charge in [0.2, 0.25) is 18.0 Å². The van der Waals surface area contributed by atoms with E-state index in [1.165, 1.54) is 35.6 Å². The van der Waals surface area contributed by atoms with Gasteiger partial charge in [0.15, 0.2) is 28.5 Å². The van der Waals surface area contributed by atoms with Crippen molar-refractivity contribution >= 4 is 57.6 Å². The minimum atomic E-state index is -3.57. The summed E-state index contributed by atoms with van der Waals surface area (Å²) < 4.78 is 56.7. The van der Waals surface area contributed by atoms with Gasteiger partial charge in [0.25, 0.3) is 5.91 Å². The molecule has 15 heteroatoms. The minimum Gasteiger partial charge on any atom is -0.607 e. The molecule has 3 aromatic rings. The molecule has 4 N–H and O–H groups in total. The number of halogens is 2. The zero-order valence-electron chi connectivity index (χ0n) is 19.4. The number of hydrogen-bond acceptors (Lipinski definition) is 9. The number of rotatable bonds is 5. The highest BCUT2D eigenvalue weighted by Crippen LogP contribution is 2.36. The summed E-state index contributed by atoms with van der Waals surface area (Å²) in [7, 11) is -6.06. The second-order valence-corrected chi connectivity index (χ2v) is 12.1. The third-order valence-corrected chi connectivity index (χ3v) is 7.96. The Balaban J connectivity index is 1.58. The Bertz CT molecular complexity index is 1670. The molecule has 2 aliphatic heterocycles. The first-order valence-corrected chi connectivity index (χ1v) is 14.9. The average Bonchev–Trinajstić information content (AvgIpc) is 3.37. The zero-order chi connectivity index (χ0) is 27.2. The Hall–Kier alpha value is -3.84. The molecule has 0 spiro atoms. The molecule has 0 saturated heterocycles. The van der Waals surface area contributed by atoms with Crippen molar-refractivity contribution in [2.45, 2.75) is 6.54 Å². The van der Waals surface area contributed by atoms with Gasteiger partial charge in [-0.3, -0.25) is 14.9 Å². The molecule has 0 radical (unpaired) electrons. The molecular weight excluding hydrogens is 559 g/mol. The maximum atomic E-state index is 13.8. The molecule has 0 fully saturated rings. The quantitative estimate of drug-likeness (QED) is 0.269. The lowest BCUT2D eigenvalue weighted by Gasteiger charge is -2.32. The van der Waals surface area contributed by atoms with Gasteiger partial charge in [-0.15, -0.1) is 0 Å². The van der Waals surface area contributed by atoms with Gasteiger partial charge in [-0.2, -0.15) is 11.3 Å². The van der Waals surface area contributed by atoms with Crippen LogP contribution in [0.25, 0.3) is 5.70 Å². The number of amides is 1. The van der Waals surface area contributed by atoms with Crippen LogP contribution in [0, 0.1) is 11.6 Å².